The predicted octanol–water partition coefficient (Wildman–Crippen LogP) is 8.44. The summed E-state index contributed by atoms with van der Waals surface area (Å²) >= 11 is 0. The first-order valence-corrected chi connectivity index (χ1v) is 11.0. The smallest absolute Gasteiger partial charge is 0.429 e. The van der Waals surface area contributed by atoms with Crippen molar-refractivity contribution in [3.63, 3.8) is 0 Å². The largest absolute Gasteiger partial charge is 0.432 e. The molecule has 0 atom stereocenters. The maximum absolute atomic E-state index is 14.6. The van der Waals surface area contributed by atoms with E-state index in [1.54, 1.807) is 0 Å². The lowest BCUT2D eigenvalue weighted by atomic mass is 9.77. The molecule has 0 spiro atoms. The van der Waals surface area contributed by atoms with Crippen molar-refractivity contribution in [2.24, 2.45) is 5.92 Å². The monoisotopic (exact) mass is 496 g/mol. The highest BCUT2D eigenvalue weighted by atomic mass is 19.3. The highest BCUT2D eigenvalue weighted by molar-refractivity contribution is 5.36. The molecule has 1 aliphatic carbocycles. The summed E-state index contributed by atoms with van der Waals surface area (Å²) in [5.41, 5.74) is -1.46. The van der Waals surface area contributed by atoms with Gasteiger partial charge in [-0.1, -0.05) is 26.2 Å². The number of alkyl halides is 4. The zero-order chi connectivity index (χ0) is 25.0. The first-order chi connectivity index (χ1) is 16.0. The van der Waals surface area contributed by atoms with Crippen molar-refractivity contribution in [1.29, 1.82) is 0 Å². The third-order valence-electron chi connectivity index (χ3n) is 6.06. The topological polar surface area (TPSA) is 18.5 Å². The second kappa shape index (κ2) is 10.8. The van der Waals surface area contributed by atoms with Crippen molar-refractivity contribution in [2.75, 3.05) is 0 Å². The number of benzene rings is 2. The molecule has 34 heavy (non-hydrogen) atoms. The van der Waals surface area contributed by atoms with Gasteiger partial charge < -0.3 is 9.47 Å². The molecular weight excluding hydrogens is 472 g/mol. The van der Waals surface area contributed by atoms with E-state index >= 15 is 0 Å². The first kappa shape index (κ1) is 26.1. The van der Waals surface area contributed by atoms with Gasteiger partial charge in [-0.15, -0.1) is 0 Å². The van der Waals surface area contributed by atoms with Crippen LogP contribution in [0.15, 0.2) is 24.3 Å². The van der Waals surface area contributed by atoms with Crippen LogP contribution < -0.4 is 9.47 Å². The van der Waals surface area contributed by atoms with Crippen LogP contribution in [0.25, 0.3) is 0 Å². The molecule has 0 bridgehead atoms. The molecule has 0 aliphatic heterocycles. The van der Waals surface area contributed by atoms with Gasteiger partial charge in [-0.3, -0.25) is 0 Å². The Hall–Kier alpha value is -2.52. The molecule has 1 fully saturated rings. The van der Waals surface area contributed by atoms with Gasteiger partial charge in [0.1, 0.15) is 22.9 Å². The molecule has 0 aromatic heterocycles. The van der Waals surface area contributed by atoms with Gasteiger partial charge in [0.15, 0.2) is 17.4 Å². The normalized spacial score (nSPS) is 18.9. The standard InChI is InChI=1S/C24H24F8O2/c1-2-3-4-13-5-7-14(8-6-13)15-9-17(25)21(18(26)10-15)24(31,32)34-16-11-19(27)22(20(28)12-16)33-23(29)30/h9-14,23H,2-8H2,1H3/t13-,14-. The molecule has 0 unspecified atom stereocenters. The van der Waals surface area contributed by atoms with E-state index in [0.717, 1.165) is 44.2 Å². The molecular formula is C24H24F8O2. The maximum atomic E-state index is 14.6. The number of rotatable bonds is 9. The number of ether oxygens (including phenoxy) is 2. The van der Waals surface area contributed by atoms with E-state index in [1.165, 1.54) is 0 Å². The summed E-state index contributed by atoms with van der Waals surface area (Å²) in [6, 6.07) is 1.95. The van der Waals surface area contributed by atoms with Gasteiger partial charge >= 0.3 is 12.7 Å². The predicted molar refractivity (Wildman–Crippen MR) is 108 cm³/mol. The van der Waals surface area contributed by atoms with Crippen LogP contribution in [0.3, 0.4) is 0 Å². The summed E-state index contributed by atoms with van der Waals surface area (Å²) < 4.78 is 118. The molecule has 1 saturated carbocycles. The highest BCUT2D eigenvalue weighted by Gasteiger charge is 2.42. The van der Waals surface area contributed by atoms with E-state index in [-0.39, 0.29) is 23.6 Å². The van der Waals surface area contributed by atoms with E-state index in [4.69, 9.17) is 0 Å². The summed E-state index contributed by atoms with van der Waals surface area (Å²) in [5.74, 6) is -8.93. The van der Waals surface area contributed by atoms with Crippen molar-refractivity contribution >= 4 is 0 Å². The maximum Gasteiger partial charge on any atom is 0.432 e. The average molecular weight is 496 g/mol. The molecule has 0 saturated heterocycles. The Balaban J connectivity index is 1.78. The van der Waals surface area contributed by atoms with Crippen molar-refractivity contribution < 1.29 is 44.6 Å². The van der Waals surface area contributed by atoms with Gasteiger partial charge in [-0.2, -0.15) is 17.6 Å². The van der Waals surface area contributed by atoms with E-state index in [2.05, 4.69) is 16.4 Å². The Morgan fingerprint density at radius 2 is 1.44 bits per heavy atom. The molecule has 2 nitrogen and oxygen atoms in total. The van der Waals surface area contributed by atoms with Crippen molar-refractivity contribution in [3.05, 3.63) is 58.7 Å². The van der Waals surface area contributed by atoms with Crippen molar-refractivity contribution in [1.82, 2.24) is 0 Å². The van der Waals surface area contributed by atoms with E-state index < -0.39 is 53.1 Å². The van der Waals surface area contributed by atoms with Crippen LogP contribution in [0.4, 0.5) is 35.1 Å². The lowest BCUT2D eigenvalue weighted by Gasteiger charge is -2.29. The molecule has 0 radical (unpaired) electrons. The fraction of sp³-hybridized carbons (Fsp3) is 0.500. The molecule has 2 aromatic rings. The van der Waals surface area contributed by atoms with Crippen LogP contribution in [0.1, 0.15) is 68.9 Å². The summed E-state index contributed by atoms with van der Waals surface area (Å²) in [5, 5.41) is 0. The number of halogens is 8. The van der Waals surface area contributed by atoms with Gasteiger partial charge in [0, 0.05) is 12.1 Å². The van der Waals surface area contributed by atoms with Crippen LogP contribution in [0.5, 0.6) is 11.5 Å². The highest BCUT2D eigenvalue weighted by Crippen LogP contribution is 2.41. The van der Waals surface area contributed by atoms with Gasteiger partial charge in [0.2, 0.25) is 0 Å². The molecule has 10 heteroatoms. The molecule has 2 aromatic carbocycles. The Kier molecular flexibility index (Phi) is 8.30. The summed E-state index contributed by atoms with van der Waals surface area (Å²) in [6.07, 6.45) is 1.78. The fourth-order valence-electron chi connectivity index (χ4n) is 4.38. The Morgan fingerprint density at radius 3 is 1.94 bits per heavy atom. The molecule has 0 heterocycles. The van der Waals surface area contributed by atoms with Crippen LogP contribution in [-0.4, -0.2) is 6.61 Å². The summed E-state index contributed by atoms with van der Waals surface area (Å²) in [7, 11) is 0. The van der Waals surface area contributed by atoms with Crippen LogP contribution in [0, 0.1) is 29.2 Å². The fourth-order valence-corrected chi connectivity index (χ4v) is 4.38. The van der Waals surface area contributed by atoms with Crippen LogP contribution >= 0.6 is 0 Å². The zero-order valence-electron chi connectivity index (χ0n) is 18.3. The van der Waals surface area contributed by atoms with Crippen LogP contribution in [-0.2, 0) is 6.11 Å². The number of hydrogen-bond acceptors (Lipinski definition) is 2. The van der Waals surface area contributed by atoms with Gasteiger partial charge in [-0.05, 0) is 55.2 Å². The molecule has 1 aliphatic rings. The summed E-state index contributed by atoms with van der Waals surface area (Å²) in [6.45, 7) is -1.47. The zero-order valence-corrected chi connectivity index (χ0v) is 18.3. The molecule has 0 N–H and O–H groups in total. The summed E-state index contributed by atoms with van der Waals surface area (Å²) in [4.78, 5) is 0. The number of hydrogen-bond donors (Lipinski definition) is 0. The number of unbranched alkanes of at least 4 members (excludes halogenated alkanes) is 1. The third kappa shape index (κ3) is 6.13. The van der Waals surface area contributed by atoms with E-state index in [1.807, 2.05) is 0 Å². The van der Waals surface area contributed by atoms with E-state index in [0.29, 0.717) is 18.8 Å². The minimum absolute atomic E-state index is 0.149. The lowest BCUT2D eigenvalue weighted by molar-refractivity contribution is -0.189. The van der Waals surface area contributed by atoms with Gasteiger partial charge in [0.25, 0.3) is 0 Å². The lowest BCUT2D eigenvalue weighted by Crippen LogP contribution is -2.26. The van der Waals surface area contributed by atoms with E-state index in [9.17, 15) is 35.1 Å². The SMILES string of the molecule is CCCC[C@H]1CC[C@H](c2cc(F)c(C(F)(F)Oc3cc(F)c(OC(F)F)c(F)c3)c(F)c2)CC1. The Morgan fingerprint density at radius 1 is 0.882 bits per heavy atom. The average Bonchev–Trinajstić information content (AvgIpc) is 2.74. The minimum Gasteiger partial charge on any atom is -0.429 e. The van der Waals surface area contributed by atoms with Crippen molar-refractivity contribution in [2.45, 2.75) is 70.5 Å². The van der Waals surface area contributed by atoms with Crippen LogP contribution in [0.2, 0.25) is 0 Å². The second-order valence-corrected chi connectivity index (χ2v) is 8.43. The molecule has 0 amide bonds. The van der Waals surface area contributed by atoms with Gasteiger partial charge in [0.05, 0.1) is 0 Å². The second-order valence-electron chi connectivity index (χ2n) is 8.43. The molecule has 188 valence electrons. The first-order valence-electron chi connectivity index (χ1n) is 11.0. The minimum atomic E-state index is -4.64. The third-order valence-corrected chi connectivity index (χ3v) is 6.06. The van der Waals surface area contributed by atoms with Gasteiger partial charge in [-0.25, -0.2) is 17.6 Å². The Labute approximate surface area is 191 Å². The van der Waals surface area contributed by atoms with Crippen molar-refractivity contribution in [3.8, 4) is 11.5 Å². The molecule has 3 rings (SSSR count). The quantitative estimate of drug-likeness (QED) is 0.325. The Bertz CT molecular complexity index is 941.